The lowest BCUT2D eigenvalue weighted by molar-refractivity contribution is -0.274. The molecular weight excluding hydrogens is 555 g/mol. The summed E-state index contributed by atoms with van der Waals surface area (Å²) in [7, 11) is 0. The van der Waals surface area contributed by atoms with Crippen molar-refractivity contribution in [3.05, 3.63) is 59.7 Å². The number of anilines is 1. The number of alkyl halides is 3. The molecule has 2 fully saturated rings. The number of hydrogen-bond acceptors (Lipinski definition) is 7. The maximum absolute atomic E-state index is 14.0. The van der Waals surface area contributed by atoms with Gasteiger partial charge in [-0.05, 0) is 79.0 Å². The molecule has 2 aliphatic rings. The second-order valence-electron chi connectivity index (χ2n) is 11.5. The number of halogens is 3. The fourth-order valence-corrected chi connectivity index (χ4v) is 5.63. The number of carbonyl (C=O) groups is 3. The van der Waals surface area contributed by atoms with Crippen LogP contribution in [0.1, 0.15) is 62.4 Å². The van der Waals surface area contributed by atoms with Crippen LogP contribution in [0.15, 0.2) is 53.6 Å². The number of guanidine groups is 1. The maximum Gasteiger partial charge on any atom is 0.573 e. The number of rotatable bonds is 5. The Hall–Kier alpha value is -4.33. The molecule has 1 saturated heterocycles. The molecule has 0 radical (unpaired) electrons. The Kier molecular flexibility index (Phi) is 8.39. The highest BCUT2D eigenvalue weighted by Gasteiger charge is 2.59. The third-order valence-electron chi connectivity index (χ3n) is 7.96. The number of hydrazone groups is 1. The highest BCUT2D eigenvalue weighted by atomic mass is 19.4. The topological polar surface area (TPSA) is 155 Å². The molecule has 0 atom stereocenters. The number of nitrogens with one attached hydrogen (secondary N) is 2. The molecule has 0 bridgehead atoms. The van der Waals surface area contributed by atoms with Crippen LogP contribution in [0.5, 0.6) is 5.75 Å². The molecule has 226 valence electrons. The van der Waals surface area contributed by atoms with Gasteiger partial charge in [0.25, 0.3) is 11.8 Å². The van der Waals surface area contributed by atoms with Gasteiger partial charge in [-0.15, -0.1) is 18.3 Å². The lowest BCUT2D eigenvalue weighted by Gasteiger charge is -2.44. The van der Waals surface area contributed by atoms with Crippen molar-refractivity contribution in [1.82, 2.24) is 15.6 Å². The van der Waals surface area contributed by atoms with Crippen LogP contribution in [-0.2, 0) is 11.3 Å². The van der Waals surface area contributed by atoms with Crippen LogP contribution in [0.25, 0.3) is 0 Å². The second-order valence-corrected chi connectivity index (χ2v) is 11.5. The Morgan fingerprint density at radius 2 is 1.64 bits per heavy atom. The van der Waals surface area contributed by atoms with E-state index in [1.54, 1.807) is 29.2 Å². The van der Waals surface area contributed by atoms with Gasteiger partial charge in [-0.3, -0.25) is 20.3 Å². The minimum Gasteiger partial charge on any atom is -0.406 e. The van der Waals surface area contributed by atoms with Crippen molar-refractivity contribution < 1.29 is 32.3 Å². The number of urea groups is 1. The van der Waals surface area contributed by atoms with Crippen molar-refractivity contribution in [2.24, 2.45) is 28.1 Å². The van der Waals surface area contributed by atoms with Gasteiger partial charge in [0.15, 0.2) is 0 Å². The normalized spacial score (nSPS) is 21.6. The number of ether oxygens (including phenoxy) is 1. The number of nitrogens with two attached hydrogens (primary N) is 2. The maximum atomic E-state index is 14.0. The molecule has 2 aromatic carbocycles. The zero-order valence-electron chi connectivity index (χ0n) is 23.5. The molecule has 4 rings (SSSR count). The van der Waals surface area contributed by atoms with Gasteiger partial charge in [0, 0.05) is 12.1 Å². The van der Waals surface area contributed by atoms with E-state index in [-0.39, 0.29) is 29.2 Å². The predicted octanol–water partition coefficient (Wildman–Crippen LogP) is 3.95. The first-order valence-electron chi connectivity index (χ1n) is 13.4. The fourth-order valence-electron chi connectivity index (χ4n) is 5.63. The molecule has 6 N–H and O–H groups in total. The van der Waals surface area contributed by atoms with Crippen LogP contribution in [0, 0.1) is 11.3 Å². The van der Waals surface area contributed by atoms with Crippen LogP contribution in [0.3, 0.4) is 0 Å². The van der Waals surface area contributed by atoms with Crippen molar-refractivity contribution in [1.29, 1.82) is 0 Å². The zero-order chi connectivity index (χ0) is 30.9. The molecule has 1 spiro atoms. The highest BCUT2D eigenvalue weighted by Crippen LogP contribution is 2.48. The van der Waals surface area contributed by atoms with Gasteiger partial charge in [-0.2, -0.15) is 0 Å². The van der Waals surface area contributed by atoms with Gasteiger partial charge in [0.05, 0.1) is 5.69 Å². The smallest absolute Gasteiger partial charge is 0.406 e. The van der Waals surface area contributed by atoms with E-state index in [1.807, 2.05) is 0 Å². The Bertz CT molecular complexity index is 1350. The average Bonchev–Trinajstić information content (AvgIpc) is 3.12. The van der Waals surface area contributed by atoms with Crippen LogP contribution in [-0.4, -0.2) is 40.6 Å². The first kappa shape index (κ1) is 30.6. The first-order chi connectivity index (χ1) is 19.7. The number of carbonyl (C=O) groups excluding carboxylic acids is 3. The van der Waals surface area contributed by atoms with E-state index in [9.17, 15) is 27.6 Å². The minimum atomic E-state index is -4.87. The van der Waals surface area contributed by atoms with Gasteiger partial charge in [0.2, 0.25) is 5.96 Å². The van der Waals surface area contributed by atoms with Crippen LogP contribution >= 0.6 is 0 Å². The van der Waals surface area contributed by atoms with Gasteiger partial charge in [-0.1, -0.05) is 32.9 Å². The molecule has 2 aromatic rings. The summed E-state index contributed by atoms with van der Waals surface area (Å²) in [6, 6.07) is 10.5. The summed E-state index contributed by atoms with van der Waals surface area (Å²) in [5.41, 5.74) is 2.16. The summed E-state index contributed by atoms with van der Waals surface area (Å²) in [4.78, 5) is 42.9. The summed E-state index contributed by atoms with van der Waals surface area (Å²) < 4.78 is 41.9. The summed E-state index contributed by atoms with van der Waals surface area (Å²) in [6.45, 7) is 6.53. The summed E-state index contributed by atoms with van der Waals surface area (Å²) >= 11 is 0. The highest BCUT2D eigenvalue weighted by molar-refractivity contribution is 6.23. The van der Waals surface area contributed by atoms with Gasteiger partial charge in [-0.25, -0.2) is 15.5 Å². The van der Waals surface area contributed by atoms with Crippen molar-refractivity contribution in [2.75, 3.05) is 4.90 Å². The average molecular weight is 590 g/mol. The van der Waals surface area contributed by atoms with Crippen molar-refractivity contribution >= 4 is 29.5 Å². The monoisotopic (exact) mass is 589 g/mol. The van der Waals surface area contributed by atoms with E-state index >= 15 is 0 Å². The quantitative estimate of drug-likeness (QED) is 0.135. The van der Waals surface area contributed by atoms with E-state index in [0.717, 1.165) is 29.9 Å². The van der Waals surface area contributed by atoms with E-state index in [2.05, 4.69) is 41.4 Å². The Balaban J connectivity index is 1.62. The summed E-state index contributed by atoms with van der Waals surface area (Å²) in [5.74, 6) is 9.22. The minimum absolute atomic E-state index is 0.0242. The Labute approximate surface area is 241 Å². The molecule has 42 heavy (non-hydrogen) atoms. The standard InChI is InChI=1S/C28H34F3N7O4/c1-26(2,3)19-12-14-27(15-13-19)23(40)38(20-8-10-21(11-9-20)42-28(29,30)31)25(41)37(27)16-17-4-6-18(7-5-17)22(39)34-24(35-32)36-33/h4-11,19H,12-16,32-33H2,1-3H3,(H2,34,35,36,39). The van der Waals surface area contributed by atoms with Crippen LogP contribution in [0.2, 0.25) is 0 Å². The number of amides is 4. The van der Waals surface area contributed by atoms with E-state index in [4.69, 9.17) is 11.7 Å². The third kappa shape index (κ3) is 6.27. The van der Waals surface area contributed by atoms with Gasteiger partial charge < -0.3 is 15.5 Å². The number of nitrogens with zero attached hydrogens (tertiary/aromatic N) is 3. The van der Waals surface area contributed by atoms with E-state index < -0.39 is 35.5 Å². The van der Waals surface area contributed by atoms with Crippen molar-refractivity contribution in [3.8, 4) is 5.75 Å². The number of imide groups is 1. The molecule has 4 amide bonds. The molecular formula is C28H34F3N7O4. The van der Waals surface area contributed by atoms with Gasteiger partial charge >= 0.3 is 12.4 Å². The molecule has 1 aliphatic carbocycles. The summed E-state index contributed by atoms with van der Waals surface area (Å²) in [6.07, 6.45) is -2.53. The Morgan fingerprint density at radius 3 is 2.14 bits per heavy atom. The molecule has 14 heteroatoms. The van der Waals surface area contributed by atoms with E-state index in [1.165, 1.54) is 12.1 Å². The molecule has 0 unspecified atom stereocenters. The number of benzene rings is 2. The molecule has 11 nitrogen and oxygen atoms in total. The number of hydrogen-bond donors (Lipinski definition) is 4. The number of hydrazine groups is 1. The van der Waals surface area contributed by atoms with Gasteiger partial charge in [0.1, 0.15) is 11.3 Å². The largest absolute Gasteiger partial charge is 0.573 e. The van der Waals surface area contributed by atoms with Crippen LogP contribution in [0.4, 0.5) is 23.7 Å². The molecule has 1 heterocycles. The zero-order valence-corrected chi connectivity index (χ0v) is 23.5. The SMILES string of the molecule is CC(C)(C)C1CCC2(CC1)C(=O)N(c1ccc(OC(F)(F)F)cc1)C(=O)N2Cc1ccc(C(=O)N/C(=N/N)NN)cc1. The summed E-state index contributed by atoms with van der Waals surface area (Å²) in [5, 5.41) is 5.71. The van der Waals surface area contributed by atoms with Crippen LogP contribution < -0.4 is 32.1 Å². The molecule has 0 aromatic heterocycles. The fraction of sp³-hybridized carbons (Fsp3) is 0.429. The third-order valence-corrected chi connectivity index (χ3v) is 7.96. The predicted molar refractivity (Wildman–Crippen MR) is 149 cm³/mol. The van der Waals surface area contributed by atoms with E-state index in [0.29, 0.717) is 24.3 Å². The lowest BCUT2D eigenvalue weighted by atomic mass is 9.67. The van der Waals surface area contributed by atoms with Crippen molar-refractivity contribution in [3.63, 3.8) is 0 Å². The van der Waals surface area contributed by atoms with Crippen molar-refractivity contribution in [2.45, 2.75) is 64.9 Å². The first-order valence-corrected chi connectivity index (χ1v) is 13.4. The second kappa shape index (κ2) is 11.5. The lowest BCUT2D eigenvalue weighted by Crippen LogP contribution is -2.52. The molecule has 1 saturated carbocycles. The Morgan fingerprint density at radius 1 is 1.05 bits per heavy atom. The molecule has 1 aliphatic heterocycles.